The highest BCUT2D eigenvalue weighted by molar-refractivity contribution is 6.01. The van der Waals surface area contributed by atoms with E-state index in [0.29, 0.717) is 17.6 Å². The van der Waals surface area contributed by atoms with Crippen LogP contribution in [0.3, 0.4) is 0 Å². The molecule has 0 spiro atoms. The summed E-state index contributed by atoms with van der Waals surface area (Å²) >= 11 is 0. The van der Waals surface area contributed by atoms with Crippen LogP contribution in [0.5, 0.6) is 0 Å². The van der Waals surface area contributed by atoms with E-state index in [4.69, 9.17) is 4.74 Å². The number of imide groups is 1. The summed E-state index contributed by atoms with van der Waals surface area (Å²) in [5.74, 6) is -0.604. The molecule has 6 heteroatoms. The van der Waals surface area contributed by atoms with Crippen molar-refractivity contribution in [2.45, 2.75) is 38.5 Å². The second-order valence-electron chi connectivity index (χ2n) is 4.38. The van der Waals surface area contributed by atoms with Gasteiger partial charge < -0.3 is 4.74 Å². The van der Waals surface area contributed by atoms with E-state index in [1.165, 1.54) is 0 Å². The number of carbonyl (C=O) groups excluding carboxylic acids is 3. The molecule has 1 aliphatic carbocycles. The summed E-state index contributed by atoms with van der Waals surface area (Å²) in [7, 11) is 0. The molecule has 0 aromatic heterocycles. The van der Waals surface area contributed by atoms with Crippen molar-refractivity contribution < 1.29 is 24.0 Å². The van der Waals surface area contributed by atoms with Crippen LogP contribution in [0.15, 0.2) is 0 Å². The Morgan fingerprint density at radius 3 is 2.35 bits per heavy atom. The van der Waals surface area contributed by atoms with E-state index in [-0.39, 0.29) is 12.8 Å². The van der Waals surface area contributed by atoms with E-state index in [1.807, 2.05) is 0 Å². The van der Waals surface area contributed by atoms with Crippen LogP contribution in [0.25, 0.3) is 0 Å². The van der Waals surface area contributed by atoms with Gasteiger partial charge in [-0.15, -0.1) is 0 Å². The van der Waals surface area contributed by atoms with Crippen LogP contribution in [0.2, 0.25) is 0 Å². The normalized spacial score (nSPS) is 21.1. The molecule has 0 aromatic carbocycles. The van der Waals surface area contributed by atoms with E-state index in [2.05, 4.69) is 4.84 Å². The predicted octanol–water partition coefficient (Wildman–Crippen LogP) is 1.39. The summed E-state index contributed by atoms with van der Waals surface area (Å²) in [5.41, 5.74) is 0. The van der Waals surface area contributed by atoms with Crippen molar-refractivity contribution in [3.8, 4) is 0 Å². The van der Waals surface area contributed by atoms with Gasteiger partial charge in [0.25, 0.3) is 11.8 Å². The van der Waals surface area contributed by atoms with Gasteiger partial charge >= 0.3 is 6.16 Å². The van der Waals surface area contributed by atoms with Crippen LogP contribution in [0.1, 0.15) is 38.5 Å². The Kier molecular flexibility index (Phi) is 3.61. The lowest BCUT2D eigenvalue weighted by atomic mass is 10.1. The van der Waals surface area contributed by atoms with Gasteiger partial charge in [-0.05, 0) is 18.8 Å². The van der Waals surface area contributed by atoms with E-state index >= 15 is 0 Å². The first kappa shape index (κ1) is 11.9. The molecule has 1 aliphatic heterocycles. The van der Waals surface area contributed by atoms with Crippen LogP contribution in [0, 0.1) is 5.92 Å². The van der Waals surface area contributed by atoms with E-state index < -0.39 is 18.0 Å². The summed E-state index contributed by atoms with van der Waals surface area (Å²) < 4.78 is 4.88. The number of amides is 2. The summed E-state index contributed by atoms with van der Waals surface area (Å²) in [6.07, 6.45) is 3.63. The third-order valence-corrected chi connectivity index (χ3v) is 3.08. The lowest BCUT2D eigenvalue weighted by molar-refractivity contribution is -0.177. The van der Waals surface area contributed by atoms with Gasteiger partial charge in [-0.1, -0.05) is 17.9 Å². The maximum Gasteiger partial charge on any atom is 0.533 e. The highest BCUT2D eigenvalue weighted by Gasteiger charge is 2.33. The summed E-state index contributed by atoms with van der Waals surface area (Å²) in [5, 5.41) is 0.497. The van der Waals surface area contributed by atoms with Crippen LogP contribution in [0.4, 0.5) is 4.79 Å². The third-order valence-electron chi connectivity index (χ3n) is 3.08. The molecule has 1 saturated heterocycles. The van der Waals surface area contributed by atoms with Gasteiger partial charge in [0.05, 0.1) is 6.61 Å². The maximum absolute atomic E-state index is 11.3. The van der Waals surface area contributed by atoms with E-state index in [0.717, 1.165) is 25.7 Å². The number of ether oxygens (including phenoxy) is 1. The minimum atomic E-state index is -0.972. The zero-order valence-corrected chi connectivity index (χ0v) is 9.52. The second kappa shape index (κ2) is 5.16. The van der Waals surface area contributed by atoms with Gasteiger partial charge in [0, 0.05) is 12.8 Å². The quantitative estimate of drug-likeness (QED) is 0.551. The Labute approximate surface area is 98.8 Å². The molecule has 2 amide bonds. The number of rotatable bonds is 3. The molecular weight excluding hydrogens is 226 g/mol. The predicted molar refractivity (Wildman–Crippen MR) is 55.5 cm³/mol. The van der Waals surface area contributed by atoms with Crippen LogP contribution in [-0.2, 0) is 19.2 Å². The molecule has 1 heterocycles. The molecule has 1 saturated carbocycles. The fraction of sp³-hybridized carbons (Fsp3) is 0.727. The molecule has 0 bridgehead atoms. The summed E-state index contributed by atoms with van der Waals surface area (Å²) in [4.78, 5) is 38.1. The van der Waals surface area contributed by atoms with Crippen molar-refractivity contribution in [1.82, 2.24) is 5.06 Å². The number of hydroxylamine groups is 2. The van der Waals surface area contributed by atoms with Gasteiger partial charge in [0.2, 0.25) is 0 Å². The average Bonchev–Trinajstić information content (AvgIpc) is 2.91. The second-order valence-corrected chi connectivity index (χ2v) is 4.38. The fourth-order valence-corrected chi connectivity index (χ4v) is 2.12. The van der Waals surface area contributed by atoms with Crippen molar-refractivity contribution in [3.05, 3.63) is 0 Å². The Morgan fingerprint density at radius 1 is 1.18 bits per heavy atom. The first-order valence-electron chi connectivity index (χ1n) is 5.87. The van der Waals surface area contributed by atoms with Crippen molar-refractivity contribution in [3.63, 3.8) is 0 Å². The van der Waals surface area contributed by atoms with Gasteiger partial charge in [-0.25, -0.2) is 4.79 Å². The van der Waals surface area contributed by atoms with E-state index in [1.54, 1.807) is 0 Å². The van der Waals surface area contributed by atoms with Gasteiger partial charge in [0.1, 0.15) is 0 Å². The monoisotopic (exact) mass is 241 g/mol. The molecule has 2 fully saturated rings. The Hall–Kier alpha value is -1.59. The highest BCUT2D eigenvalue weighted by atomic mass is 16.8. The van der Waals surface area contributed by atoms with Crippen LogP contribution >= 0.6 is 0 Å². The molecule has 0 atom stereocenters. The minimum Gasteiger partial charge on any atom is -0.432 e. The zero-order valence-electron chi connectivity index (χ0n) is 9.52. The van der Waals surface area contributed by atoms with Crippen LogP contribution < -0.4 is 0 Å². The molecule has 94 valence electrons. The Balaban J connectivity index is 1.73. The number of carbonyl (C=O) groups is 3. The summed E-state index contributed by atoms with van der Waals surface area (Å²) in [6.45, 7) is 0.301. The van der Waals surface area contributed by atoms with Crippen molar-refractivity contribution in [2.75, 3.05) is 6.61 Å². The lowest BCUT2D eigenvalue weighted by Crippen LogP contribution is -2.32. The lowest BCUT2D eigenvalue weighted by Gasteiger charge is -2.14. The molecule has 6 nitrogen and oxygen atoms in total. The van der Waals surface area contributed by atoms with Crippen molar-refractivity contribution in [2.24, 2.45) is 5.92 Å². The maximum atomic E-state index is 11.3. The molecule has 0 radical (unpaired) electrons. The topological polar surface area (TPSA) is 72.9 Å². The molecule has 2 aliphatic rings. The number of hydrogen-bond donors (Lipinski definition) is 0. The van der Waals surface area contributed by atoms with Gasteiger partial charge in [0.15, 0.2) is 0 Å². The van der Waals surface area contributed by atoms with Crippen molar-refractivity contribution in [1.29, 1.82) is 0 Å². The SMILES string of the molecule is O=C(OCC1CCCC1)ON1C(=O)CCC1=O. The molecule has 17 heavy (non-hydrogen) atoms. The Morgan fingerprint density at radius 2 is 1.76 bits per heavy atom. The first-order chi connectivity index (χ1) is 8.16. The minimum absolute atomic E-state index is 0.0920. The third kappa shape index (κ3) is 2.95. The first-order valence-corrected chi connectivity index (χ1v) is 5.87. The standard InChI is InChI=1S/C11H15NO5/c13-9-5-6-10(14)12(9)17-11(15)16-7-8-3-1-2-4-8/h8H,1-7H2. The molecular formula is C11H15NO5. The number of hydrogen-bond acceptors (Lipinski definition) is 5. The molecule has 0 aromatic rings. The summed E-state index contributed by atoms with van der Waals surface area (Å²) in [6, 6.07) is 0. The molecule has 0 unspecified atom stereocenters. The van der Waals surface area contributed by atoms with E-state index in [9.17, 15) is 14.4 Å². The van der Waals surface area contributed by atoms with Gasteiger partial charge in [-0.2, -0.15) is 0 Å². The zero-order chi connectivity index (χ0) is 12.3. The largest absolute Gasteiger partial charge is 0.533 e. The van der Waals surface area contributed by atoms with Crippen molar-refractivity contribution >= 4 is 18.0 Å². The van der Waals surface area contributed by atoms with Gasteiger partial charge in [-0.3, -0.25) is 14.4 Å². The molecule has 0 N–H and O–H groups in total. The highest BCUT2D eigenvalue weighted by Crippen LogP contribution is 2.24. The smallest absolute Gasteiger partial charge is 0.432 e. The molecule has 2 rings (SSSR count). The van der Waals surface area contributed by atoms with Crippen LogP contribution in [-0.4, -0.2) is 29.6 Å². The average molecular weight is 241 g/mol. The fourth-order valence-electron chi connectivity index (χ4n) is 2.12. The Bertz CT molecular complexity index is 319. The number of nitrogens with zero attached hydrogens (tertiary/aromatic N) is 1.